The van der Waals surface area contributed by atoms with Crippen molar-refractivity contribution in [1.29, 1.82) is 0 Å². The minimum Gasteiger partial charge on any atom is -0.496 e. The molecule has 4 heteroatoms. The van der Waals surface area contributed by atoms with Crippen molar-refractivity contribution in [3.8, 4) is 5.75 Å². The van der Waals surface area contributed by atoms with E-state index < -0.39 is 0 Å². The molecular formula is C11H12BrFO2. The molecule has 1 aromatic rings. The fourth-order valence-electron chi connectivity index (χ4n) is 1.37. The number of ether oxygens (including phenoxy) is 1. The van der Waals surface area contributed by atoms with Gasteiger partial charge in [-0.25, -0.2) is 4.39 Å². The predicted molar refractivity (Wildman–Crippen MR) is 59.7 cm³/mol. The van der Waals surface area contributed by atoms with E-state index in [0.29, 0.717) is 35.0 Å². The summed E-state index contributed by atoms with van der Waals surface area (Å²) in [6, 6.07) is 3.12. The van der Waals surface area contributed by atoms with Gasteiger partial charge in [-0.15, -0.1) is 0 Å². The zero-order valence-electron chi connectivity index (χ0n) is 8.43. The van der Waals surface area contributed by atoms with Crippen molar-refractivity contribution in [1.82, 2.24) is 0 Å². The van der Waals surface area contributed by atoms with Crippen molar-refractivity contribution >= 4 is 22.2 Å². The number of unbranched alkanes of at least 4 members (excludes halogenated alkanes) is 1. The van der Waals surface area contributed by atoms with E-state index in [1.165, 1.54) is 13.2 Å². The van der Waals surface area contributed by atoms with E-state index >= 15 is 0 Å². The number of carbonyl (C=O) groups is 1. The van der Waals surface area contributed by atoms with Crippen molar-refractivity contribution in [3.05, 3.63) is 28.0 Å². The molecule has 0 saturated heterocycles. The summed E-state index contributed by atoms with van der Waals surface area (Å²) in [6.45, 7) is 0. The summed E-state index contributed by atoms with van der Waals surface area (Å²) in [5.74, 6) is 0.222. The highest BCUT2D eigenvalue weighted by Crippen LogP contribution is 2.27. The van der Waals surface area contributed by atoms with Crippen molar-refractivity contribution in [3.63, 3.8) is 0 Å². The van der Waals surface area contributed by atoms with Gasteiger partial charge in [0, 0.05) is 16.5 Å². The lowest BCUT2D eigenvalue weighted by molar-refractivity contribution is -0.107. The molecule has 0 aromatic heterocycles. The highest BCUT2D eigenvalue weighted by Gasteiger charge is 2.10. The second kappa shape index (κ2) is 5.85. The standard InChI is InChI=1S/C11H12BrFO2/c1-15-11-7-8(12)6-10(13)9(11)4-2-3-5-14/h5-7H,2-4H2,1H3. The lowest BCUT2D eigenvalue weighted by Crippen LogP contribution is -1.97. The molecular weight excluding hydrogens is 263 g/mol. The molecule has 15 heavy (non-hydrogen) atoms. The molecule has 0 spiro atoms. The molecule has 1 rings (SSSR count). The number of rotatable bonds is 5. The fourth-order valence-corrected chi connectivity index (χ4v) is 1.78. The van der Waals surface area contributed by atoms with E-state index in [1.54, 1.807) is 6.07 Å². The van der Waals surface area contributed by atoms with Crippen molar-refractivity contribution in [2.75, 3.05) is 7.11 Å². The minimum atomic E-state index is -0.299. The minimum absolute atomic E-state index is 0.299. The summed E-state index contributed by atoms with van der Waals surface area (Å²) in [5.41, 5.74) is 0.530. The SMILES string of the molecule is COc1cc(Br)cc(F)c1CCCC=O. The van der Waals surface area contributed by atoms with E-state index in [1.807, 2.05) is 0 Å². The largest absolute Gasteiger partial charge is 0.496 e. The lowest BCUT2D eigenvalue weighted by Gasteiger charge is -2.09. The van der Waals surface area contributed by atoms with E-state index in [2.05, 4.69) is 15.9 Å². The van der Waals surface area contributed by atoms with E-state index in [0.717, 1.165) is 6.29 Å². The Morgan fingerprint density at radius 3 is 2.87 bits per heavy atom. The van der Waals surface area contributed by atoms with Crippen LogP contribution < -0.4 is 4.74 Å². The monoisotopic (exact) mass is 274 g/mol. The summed E-state index contributed by atoms with van der Waals surface area (Å²) in [7, 11) is 1.50. The van der Waals surface area contributed by atoms with E-state index in [9.17, 15) is 9.18 Å². The highest BCUT2D eigenvalue weighted by molar-refractivity contribution is 9.10. The molecule has 0 atom stereocenters. The number of methoxy groups -OCH3 is 1. The average molecular weight is 275 g/mol. The molecule has 0 bridgehead atoms. The summed E-state index contributed by atoms with van der Waals surface area (Å²) in [6.07, 6.45) is 2.43. The van der Waals surface area contributed by atoms with Gasteiger partial charge in [0.05, 0.1) is 7.11 Å². The van der Waals surface area contributed by atoms with Crippen LogP contribution >= 0.6 is 15.9 Å². The van der Waals surface area contributed by atoms with Gasteiger partial charge in [-0.05, 0) is 25.0 Å². The van der Waals surface area contributed by atoms with Gasteiger partial charge in [-0.3, -0.25) is 0 Å². The Morgan fingerprint density at radius 1 is 1.53 bits per heavy atom. The Bertz CT molecular complexity index is 353. The molecule has 2 nitrogen and oxygen atoms in total. The van der Waals surface area contributed by atoms with Crippen LogP contribution in [0, 0.1) is 5.82 Å². The Labute approximate surface area is 96.6 Å². The Balaban J connectivity index is 2.88. The topological polar surface area (TPSA) is 26.3 Å². The number of carbonyl (C=O) groups excluding carboxylic acids is 1. The van der Waals surface area contributed by atoms with Gasteiger partial charge < -0.3 is 9.53 Å². The Kier molecular flexibility index (Phi) is 4.75. The molecule has 0 amide bonds. The molecule has 0 radical (unpaired) electrons. The smallest absolute Gasteiger partial charge is 0.131 e. The molecule has 0 fully saturated rings. The van der Waals surface area contributed by atoms with Crippen LogP contribution in [0.4, 0.5) is 4.39 Å². The van der Waals surface area contributed by atoms with Gasteiger partial charge in [0.25, 0.3) is 0 Å². The zero-order valence-corrected chi connectivity index (χ0v) is 10.0. The van der Waals surface area contributed by atoms with Gasteiger partial charge in [-0.1, -0.05) is 15.9 Å². The molecule has 0 aliphatic carbocycles. The van der Waals surface area contributed by atoms with Crippen LogP contribution in [0.25, 0.3) is 0 Å². The first kappa shape index (κ1) is 12.2. The predicted octanol–water partition coefficient (Wildman–Crippen LogP) is 3.12. The van der Waals surface area contributed by atoms with Crippen molar-refractivity contribution < 1.29 is 13.9 Å². The first-order valence-corrected chi connectivity index (χ1v) is 5.44. The van der Waals surface area contributed by atoms with Gasteiger partial charge in [0.1, 0.15) is 17.9 Å². The maximum absolute atomic E-state index is 13.5. The van der Waals surface area contributed by atoms with Crippen LogP contribution in [-0.4, -0.2) is 13.4 Å². The third-order valence-corrected chi connectivity index (χ3v) is 2.55. The van der Waals surface area contributed by atoms with Crippen LogP contribution in [0.5, 0.6) is 5.75 Å². The van der Waals surface area contributed by atoms with Gasteiger partial charge >= 0.3 is 0 Å². The maximum Gasteiger partial charge on any atom is 0.131 e. The molecule has 0 aliphatic heterocycles. The van der Waals surface area contributed by atoms with Gasteiger partial charge in [-0.2, -0.15) is 0 Å². The molecule has 82 valence electrons. The second-order valence-corrected chi connectivity index (χ2v) is 4.04. The van der Waals surface area contributed by atoms with Crippen molar-refractivity contribution in [2.24, 2.45) is 0 Å². The summed E-state index contributed by atoms with van der Waals surface area (Å²) in [4.78, 5) is 10.2. The third kappa shape index (κ3) is 3.30. The molecule has 0 N–H and O–H groups in total. The lowest BCUT2D eigenvalue weighted by atomic mass is 10.1. The number of hydrogen-bond donors (Lipinski definition) is 0. The van der Waals surface area contributed by atoms with E-state index in [4.69, 9.17) is 4.74 Å². The van der Waals surface area contributed by atoms with Crippen LogP contribution in [0.15, 0.2) is 16.6 Å². The summed E-state index contributed by atoms with van der Waals surface area (Å²) in [5, 5.41) is 0. The zero-order chi connectivity index (χ0) is 11.3. The molecule has 0 aliphatic rings. The number of aldehydes is 1. The number of benzene rings is 1. The summed E-state index contributed by atoms with van der Waals surface area (Å²) >= 11 is 3.19. The van der Waals surface area contributed by atoms with Gasteiger partial charge in [0.2, 0.25) is 0 Å². The van der Waals surface area contributed by atoms with Crippen LogP contribution in [0.1, 0.15) is 18.4 Å². The molecule has 0 heterocycles. The highest BCUT2D eigenvalue weighted by atomic mass is 79.9. The Hall–Kier alpha value is -0.900. The summed E-state index contributed by atoms with van der Waals surface area (Å²) < 4.78 is 19.3. The quantitative estimate of drug-likeness (QED) is 0.609. The maximum atomic E-state index is 13.5. The van der Waals surface area contributed by atoms with Crippen molar-refractivity contribution in [2.45, 2.75) is 19.3 Å². The normalized spacial score (nSPS) is 10.1. The second-order valence-electron chi connectivity index (χ2n) is 3.13. The Morgan fingerprint density at radius 2 is 2.27 bits per heavy atom. The number of halogens is 2. The number of hydrogen-bond acceptors (Lipinski definition) is 2. The van der Waals surface area contributed by atoms with Gasteiger partial charge in [0.15, 0.2) is 0 Å². The van der Waals surface area contributed by atoms with Crippen LogP contribution in [0.2, 0.25) is 0 Å². The average Bonchev–Trinajstić information content (AvgIpc) is 2.20. The molecule has 1 aromatic carbocycles. The fraction of sp³-hybridized carbons (Fsp3) is 0.364. The first-order chi connectivity index (χ1) is 7.19. The molecule has 0 unspecified atom stereocenters. The first-order valence-electron chi connectivity index (χ1n) is 4.64. The van der Waals surface area contributed by atoms with Crippen LogP contribution in [-0.2, 0) is 11.2 Å². The third-order valence-electron chi connectivity index (χ3n) is 2.09. The van der Waals surface area contributed by atoms with Crippen LogP contribution in [0.3, 0.4) is 0 Å². The molecule has 0 saturated carbocycles. The van der Waals surface area contributed by atoms with E-state index in [-0.39, 0.29) is 5.82 Å².